The molecule has 0 aliphatic carbocycles. The summed E-state index contributed by atoms with van der Waals surface area (Å²) in [6, 6.07) is 7.95. The van der Waals surface area contributed by atoms with Crippen molar-refractivity contribution in [1.29, 1.82) is 0 Å². The van der Waals surface area contributed by atoms with Crippen LogP contribution in [0.2, 0.25) is 0 Å². The molecule has 100 valence electrons. The van der Waals surface area contributed by atoms with Gasteiger partial charge in [-0.3, -0.25) is 4.79 Å². The smallest absolute Gasteiger partial charge is 0.220 e. The van der Waals surface area contributed by atoms with Gasteiger partial charge in [-0.15, -0.1) is 11.6 Å². The second-order valence-electron chi connectivity index (χ2n) is 3.95. The van der Waals surface area contributed by atoms with Crippen LogP contribution in [-0.2, 0) is 11.2 Å². The Morgan fingerprint density at radius 2 is 2.17 bits per heavy atom. The first kappa shape index (κ1) is 14.8. The fourth-order valence-electron chi connectivity index (χ4n) is 1.60. The van der Waals surface area contributed by atoms with Crippen molar-refractivity contribution in [3.05, 3.63) is 29.8 Å². The van der Waals surface area contributed by atoms with Gasteiger partial charge in [-0.2, -0.15) is 0 Å². The molecule has 1 amide bonds. The molecule has 0 bridgehead atoms. The molecule has 0 atom stereocenters. The maximum atomic E-state index is 11.3. The van der Waals surface area contributed by atoms with Crippen molar-refractivity contribution in [3.8, 4) is 5.75 Å². The SMILES string of the molecule is CCc1ccccc1OCCNC(=O)CCCCl. The Bertz CT molecular complexity index is 369. The van der Waals surface area contributed by atoms with Gasteiger partial charge < -0.3 is 10.1 Å². The normalized spacial score (nSPS) is 10.1. The largest absolute Gasteiger partial charge is 0.491 e. The Hall–Kier alpha value is -1.22. The first-order valence-corrected chi connectivity index (χ1v) is 6.84. The van der Waals surface area contributed by atoms with E-state index in [1.54, 1.807) is 0 Å². The summed E-state index contributed by atoms with van der Waals surface area (Å²) in [5.74, 6) is 1.45. The molecule has 4 heteroatoms. The molecule has 3 nitrogen and oxygen atoms in total. The first-order valence-electron chi connectivity index (χ1n) is 6.31. The predicted octanol–water partition coefficient (Wildman–Crippen LogP) is 2.76. The summed E-state index contributed by atoms with van der Waals surface area (Å²) in [6.45, 7) is 3.11. The molecule has 0 radical (unpaired) electrons. The lowest BCUT2D eigenvalue weighted by atomic mass is 10.1. The molecular formula is C14H20ClNO2. The van der Waals surface area contributed by atoms with E-state index in [9.17, 15) is 4.79 Å². The number of para-hydroxylation sites is 1. The summed E-state index contributed by atoms with van der Waals surface area (Å²) in [4.78, 5) is 11.3. The van der Waals surface area contributed by atoms with Crippen molar-refractivity contribution in [2.45, 2.75) is 26.2 Å². The summed E-state index contributed by atoms with van der Waals surface area (Å²) in [7, 11) is 0. The lowest BCUT2D eigenvalue weighted by molar-refractivity contribution is -0.121. The molecule has 1 aromatic carbocycles. The Balaban J connectivity index is 2.23. The molecule has 0 aromatic heterocycles. The van der Waals surface area contributed by atoms with Gasteiger partial charge in [-0.05, 0) is 24.5 Å². The zero-order valence-corrected chi connectivity index (χ0v) is 11.5. The summed E-state index contributed by atoms with van der Waals surface area (Å²) >= 11 is 5.52. The Labute approximate surface area is 113 Å². The number of ether oxygens (including phenoxy) is 1. The molecule has 1 N–H and O–H groups in total. The van der Waals surface area contributed by atoms with Gasteiger partial charge in [0.05, 0.1) is 6.54 Å². The highest BCUT2D eigenvalue weighted by molar-refractivity contribution is 6.17. The maximum Gasteiger partial charge on any atom is 0.220 e. The third-order valence-corrected chi connectivity index (χ3v) is 2.84. The molecule has 1 aromatic rings. The van der Waals surface area contributed by atoms with Crippen LogP contribution in [0.15, 0.2) is 24.3 Å². The molecule has 0 aliphatic rings. The standard InChI is InChI=1S/C14H20ClNO2/c1-2-12-6-3-4-7-13(12)18-11-10-16-14(17)8-5-9-15/h3-4,6-7H,2,5,8-11H2,1H3,(H,16,17). The van der Waals surface area contributed by atoms with Crippen LogP contribution < -0.4 is 10.1 Å². The zero-order valence-electron chi connectivity index (χ0n) is 10.7. The van der Waals surface area contributed by atoms with E-state index < -0.39 is 0 Å². The number of rotatable bonds is 8. The van der Waals surface area contributed by atoms with E-state index in [-0.39, 0.29) is 5.91 Å². The first-order chi connectivity index (χ1) is 8.77. The second-order valence-corrected chi connectivity index (χ2v) is 4.33. The summed E-state index contributed by atoms with van der Waals surface area (Å²) in [5, 5.41) is 2.80. The fraction of sp³-hybridized carbons (Fsp3) is 0.500. The van der Waals surface area contributed by atoms with Crippen LogP contribution in [0.4, 0.5) is 0 Å². The minimum absolute atomic E-state index is 0.0306. The Morgan fingerprint density at radius 3 is 2.89 bits per heavy atom. The van der Waals surface area contributed by atoms with E-state index >= 15 is 0 Å². The van der Waals surface area contributed by atoms with Gasteiger partial charge in [0.2, 0.25) is 5.91 Å². The highest BCUT2D eigenvalue weighted by atomic mass is 35.5. The van der Waals surface area contributed by atoms with Gasteiger partial charge in [0.25, 0.3) is 0 Å². The average Bonchev–Trinajstić information content (AvgIpc) is 2.41. The molecule has 0 spiro atoms. The lowest BCUT2D eigenvalue weighted by Crippen LogP contribution is -2.27. The minimum atomic E-state index is 0.0306. The molecule has 0 aliphatic heterocycles. The number of hydrogen-bond acceptors (Lipinski definition) is 2. The Kier molecular flexibility index (Phi) is 7.26. The molecule has 0 heterocycles. The van der Waals surface area contributed by atoms with Gasteiger partial charge in [-0.25, -0.2) is 0 Å². The zero-order chi connectivity index (χ0) is 13.2. The van der Waals surface area contributed by atoms with Gasteiger partial charge in [0.15, 0.2) is 0 Å². The number of benzene rings is 1. The number of nitrogens with one attached hydrogen (secondary N) is 1. The van der Waals surface area contributed by atoms with E-state index in [4.69, 9.17) is 16.3 Å². The second kappa shape index (κ2) is 8.81. The number of amides is 1. The minimum Gasteiger partial charge on any atom is -0.491 e. The van der Waals surface area contributed by atoms with Crippen molar-refractivity contribution in [2.75, 3.05) is 19.0 Å². The van der Waals surface area contributed by atoms with Crippen molar-refractivity contribution in [2.24, 2.45) is 0 Å². The van der Waals surface area contributed by atoms with E-state index in [1.165, 1.54) is 5.56 Å². The summed E-state index contributed by atoms with van der Waals surface area (Å²) in [6.07, 6.45) is 2.14. The molecule has 0 saturated carbocycles. The molecule has 0 unspecified atom stereocenters. The van der Waals surface area contributed by atoms with E-state index in [0.717, 1.165) is 12.2 Å². The van der Waals surface area contributed by atoms with Crippen molar-refractivity contribution >= 4 is 17.5 Å². The molecule has 0 saturated heterocycles. The van der Waals surface area contributed by atoms with Crippen LogP contribution in [0, 0.1) is 0 Å². The molecule has 1 rings (SSSR count). The van der Waals surface area contributed by atoms with Crippen LogP contribution in [0.25, 0.3) is 0 Å². The number of carbonyl (C=O) groups is 1. The van der Waals surface area contributed by atoms with Crippen molar-refractivity contribution in [1.82, 2.24) is 5.32 Å². The monoisotopic (exact) mass is 269 g/mol. The van der Waals surface area contributed by atoms with Crippen LogP contribution in [-0.4, -0.2) is 24.9 Å². The number of alkyl halides is 1. The van der Waals surface area contributed by atoms with E-state index in [2.05, 4.69) is 12.2 Å². The third-order valence-electron chi connectivity index (χ3n) is 2.57. The summed E-state index contributed by atoms with van der Waals surface area (Å²) in [5.41, 5.74) is 1.19. The van der Waals surface area contributed by atoms with E-state index in [0.29, 0.717) is 31.9 Å². The quantitative estimate of drug-likeness (QED) is 0.582. The number of hydrogen-bond donors (Lipinski definition) is 1. The van der Waals surface area contributed by atoms with Gasteiger partial charge in [0.1, 0.15) is 12.4 Å². The number of aryl methyl sites for hydroxylation is 1. The fourth-order valence-corrected chi connectivity index (χ4v) is 1.74. The highest BCUT2D eigenvalue weighted by Crippen LogP contribution is 2.17. The predicted molar refractivity (Wildman–Crippen MR) is 74.3 cm³/mol. The van der Waals surface area contributed by atoms with Gasteiger partial charge in [0, 0.05) is 12.3 Å². The maximum absolute atomic E-state index is 11.3. The van der Waals surface area contributed by atoms with Crippen LogP contribution in [0.1, 0.15) is 25.3 Å². The number of carbonyl (C=O) groups excluding carboxylic acids is 1. The lowest BCUT2D eigenvalue weighted by Gasteiger charge is -2.10. The molecular weight excluding hydrogens is 250 g/mol. The van der Waals surface area contributed by atoms with E-state index in [1.807, 2.05) is 24.3 Å². The summed E-state index contributed by atoms with van der Waals surface area (Å²) < 4.78 is 5.64. The van der Waals surface area contributed by atoms with Gasteiger partial charge in [-0.1, -0.05) is 25.1 Å². The van der Waals surface area contributed by atoms with Crippen molar-refractivity contribution in [3.63, 3.8) is 0 Å². The third kappa shape index (κ3) is 5.41. The van der Waals surface area contributed by atoms with Crippen LogP contribution in [0.3, 0.4) is 0 Å². The van der Waals surface area contributed by atoms with Crippen molar-refractivity contribution < 1.29 is 9.53 Å². The van der Waals surface area contributed by atoms with Crippen LogP contribution in [0.5, 0.6) is 5.75 Å². The molecule has 0 fully saturated rings. The number of halogens is 1. The topological polar surface area (TPSA) is 38.3 Å². The van der Waals surface area contributed by atoms with Gasteiger partial charge >= 0.3 is 0 Å². The average molecular weight is 270 g/mol. The highest BCUT2D eigenvalue weighted by Gasteiger charge is 2.02. The van der Waals surface area contributed by atoms with Crippen LogP contribution >= 0.6 is 11.6 Å². The molecule has 18 heavy (non-hydrogen) atoms. The Morgan fingerprint density at radius 1 is 1.39 bits per heavy atom.